The molecular formula is C20H23F2N3O2. The molecule has 2 saturated heterocycles. The van der Waals surface area contributed by atoms with Gasteiger partial charge in [-0.3, -0.25) is 14.5 Å². The number of hydrogen-bond donors (Lipinski definition) is 0. The third kappa shape index (κ3) is 4.45. The number of likely N-dealkylation sites (tertiary alicyclic amines) is 1. The summed E-state index contributed by atoms with van der Waals surface area (Å²) in [6, 6.07) is 3.15. The minimum absolute atomic E-state index is 0.00692. The van der Waals surface area contributed by atoms with Gasteiger partial charge in [-0.15, -0.1) is 6.42 Å². The summed E-state index contributed by atoms with van der Waals surface area (Å²) >= 11 is 0. The van der Waals surface area contributed by atoms with Gasteiger partial charge in [0.2, 0.25) is 5.91 Å². The highest BCUT2D eigenvalue weighted by molar-refractivity contribution is 5.94. The largest absolute Gasteiger partial charge is 0.339 e. The summed E-state index contributed by atoms with van der Waals surface area (Å²) in [6.07, 6.45) is 6.93. The zero-order valence-electron chi connectivity index (χ0n) is 15.2. The number of piperidine rings is 1. The van der Waals surface area contributed by atoms with Gasteiger partial charge in [0.25, 0.3) is 5.91 Å². The van der Waals surface area contributed by atoms with E-state index in [0.717, 1.165) is 38.1 Å². The molecule has 0 atom stereocenters. The Kier molecular flexibility index (Phi) is 6.07. The number of benzene rings is 1. The van der Waals surface area contributed by atoms with Crippen molar-refractivity contribution in [3.05, 3.63) is 35.4 Å². The molecule has 144 valence electrons. The second-order valence-electron chi connectivity index (χ2n) is 7.00. The number of nitrogens with zero attached hydrogens (tertiary/aromatic N) is 3. The van der Waals surface area contributed by atoms with Crippen LogP contribution < -0.4 is 0 Å². The Hall–Kier alpha value is -2.46. The Balaban J connectivity index is 1.51. The highest BCUT2D eigenvalue weighted by Gasteiger charge is 2.31. The quantitative estimate of drug-likeness (QED) is 0.754. The summed E-state index contributed by atoms with van der Waals surface area (Å²) < 4.78 is 26.4. The third-order valence-electron chi connectivity index (χ3n) is 5.30. The zero-order chi connectivity index (χ0) is 19.4. The van der Waals surface area contributed by atoms with Crippen molar-refractivity contribution in [3.8, 4) is 12.3 Å². The molecule has 7 heteroatoms. The van der Waals surface area contributed by atoms with Gasteiger partial charge in [0.05, 0.1) is 6.54 Å². The topological polar surface area (TPSA) is 43.9 Å². The predicted molar refractivity (Wildman–Crippen MR) is 96.8 cm³/mol. The highest BCUT2D eigenvalue weighted by atomic mass is 19.2. The van der Waals surface area contributed by atoms with Crippen LogP contribution in [0, 0.1) is 29.9 Å². The fourth-order valence-corrected chi connectivity index (χ4v) is 3.67. The Morgan fingerprint density at radius 2 is 1.63 bits per heavy atom. The van der Waals surface area contributed by atoms with E-state index in [1.807, 2.05) is 0 Å². The first-order valence-electron chi connectivity index (χ1n) is 9.18. The SMILES string of the molecule is C#CCN1CCC(C(=O)N2CCN(C(=O)c3ccc(F)c(F)c3)CC2)CC1. The van der Waals surface area contributed by atoms with Crippen molar-refractivity contribution in [1.82, 2.24) is 14.7 Å². The lowest BCUT2D eigenvalue weighted by molar-refractivity contribution is -0.138. The maximum Gasteiger partial charge on any atom is 0.254 e. The first-order valence-corrected chi connectivity index (χ1v) is 9.18. The van der Waals surface area contributed by atoms with E-state index < -0.39 is 11.6 Å². The molecule has 0 N–H and O–H groups in total. The summed E-state index contributed by atoms with van der Waals surface area (Å²) in [5.41, 5.74) is 0.120. The molecule has 0 radical (unpaired) electrons. The van der Waals surface area contributed by atoms with E-state index in [-0.39, 0.29) is 23.3 Å². The number of rotatable bonds is 3. The van der Waals surface area contributed by atoms with Gasteiger partial charge in [-0.05, 0) is 44.1 Å². The number of piperazine rings is 1. The molecule has 2 aliphatic heterocycles. The minimum atomic E-state index is -1.04. The van der Waals surface area contributed by atoms with E-state index in [4.69, 9.17) is 6.42 Å². The van der Waals surface area contributed by atoms with Crippen molar-refractivity contribution in [3.63, 3.8) is 0 Å². The Morgan fingerprint density at radius 3 is 2.22 bits per heavy atom. The van der Waals surface area contributed by atoms with Crippen LogP contribution in [0.1, 0.15) is 23.2 Å². The van der Waals surface area contributed by atoms with E-state index in [0.29, 0.717) is 32.7 Å². The Bertz CT molecular complexity index is 746. The van der Waals surface area contributed by atoms with Crippen molar-refractivity contribution < 1.29 is 18.4 Å². The molecule has 2 fully saturated rings. The number of amides is 2. The van der Waals surface area contributed by atoms with Crippen LogP contribution >= 0.6 is 0 Å². The second kappa shape index (κ2) is 8.49. The van der Waals surface area contributed by atoms with Gasteiger partial charge in [0, 0.05) is 37.7 Å². The molecule has 0 saturated carbocycles. The molecule has 5 nitrogen and oxygen atoms in total. The molecule has 2 heterocycles. The standard InChI is InChI=1S/C20H23F2N3O2/c1-2-7-23-8-5-15(6-9-23)19(26)24-10-12-25(13-11-24)20(27)16-3-4-17(21)18(22)14-16/h1,3-4,14-15H,5-13H2. The molecule has 1 aromatic rings. The fraction of sp³-hybridized carbons (Fsp3) is 0.500. The summed E-state index contributed by atoms with van der Waals surface area (Å²) in [6.45, 7) is 3.96. The van der Waals surface area contributed by atoms with Crippen molar-refractivity contribution in [2.75, 3.05) is 45.8 Å². The van der Waals surface area contributed by atoms with E-state index >= 15 is 0 Å². The molecule has 1 aromatic carbocycles. The van der Waals surface area contributed by atoms with Crippen LogP contribution in [0.25, 0.3) is 0 Å². The summed E-state index contributed by atoms with van der Waals surface area (Å²) in [4.78, 5) is 30.7. The maximum absolute atomic E-state index is 13.3. The number of terminal acetylenes is 1. The molecular weight excluding hydrogens is 352 g/mol. The molecule has 3 rings (SSSR count). The van der Waals surface area contributed by atoms with Crippen molar-refractivity contribution in [2.45, 2.75) is 12.8 Å². The lowest BCUT2D eigenvalue weighted by atomic mass is 9.95. The Morgan fingerprint density at radius 1 is 1.00 bits per heavy atom. The zero-order valence-corrected chi connectivity index (χ0v) is 15.2. The van der Waals surface area contributed by atoms with Crippen LogP contribution in [0.4, 0.5) is 8.78 Å². The molecule has 0 bridgehead atoms. The van der Waals surface area contributed by atoms with Gasteiger partial charge in [0.1, 0.15) is 0 Å². The van der Waals surface area contributed by atoms with Crippen LogP contribution in [0.5, 0.6) is 0 Å². The lowest BCUT2D eigenvalue weighted by Crippen LogP contribution is -2.53. The molecule has 0 unspecified atom stereocenters. The lowest BCUT2D eigenvalue weighted by Gasteiger charge is -2.38. The first kappa shape index (κ1) is 19.3. The van der Waals surface area contributed by atoms with E-state index in [1.54, 1.807) is 9.80 Å². The summed E-state index contributed by atoms with van der Waals surface area (Å²) in [7, 11) is 0. The maximum atomic E-state index is 13.3. The van der Waals surface area contributed by atoms with Gasteiger partial charge >= 0.3 is 0 Å². The molecule has 2 aliphatic rings. The average Bonchev–Trinajstić information content (AvgIpc) is 2.70. The number of halogens is 2. The van der Waals surface area contributed by atoms with Crippen molar-refractivity contribution >= 4 is 11.8 Å². The average molecular weight is 375 g/mol. The van der Waals surface area contributed by atoms with Crippen molar-refractivity contribution in [1.29, 1.82) is 0 Å². The van der Waals surface area contributed by atoms with Gasteiger partial charge in [-0.25, -0.2) is 8.78 Å². The fourth-order valence-electron chi connectivity index (χ4n) is 3.67. The molecule has 2 amide bonds. The second-order valence-corrected chi connectivity index (χ2v) is 7.00. The monoisotopic (exact) mass is 375 g/mol. The smallest absolute Gasteiger partial charge is 0.254 e. The molecule has 27 heavy (non-hydrogen) atoms. The summed E-state index contributed by atoms with van der Waals surface area (Å²) in [5.74, 6) is 0.414. The summed E-state index contributed by atoms with van der Waals surface area (Å²) in [5, 5.41) is 0. The van der Waals surface area contributed by atoms with Crippen LogP contribution in [-0.4, -0.2) is 72.3 Å². The highest BCUT2D eigenvalue weighted by Crippen LogP contribution is 2.21. The van der Waals surface area contributed by atoms with E-state index in [9.17, 15) is 18.4 Å². The number of hydrogen-bond acceptors (Lipinski definition) is 3. The van der Waals surface area contributed by atoms with Gasteiger partial charge in [0.15, 0.2) is 11.6 Å². The van der Waals surface area contributed by atoms with Gasteiger partial charge in [-0.1, -0.05) is 5.92 Å². The van der Waals surface area contributed by atoms with Crippen LogP contribution in [0.3, 0.4) is 0 Å². The normalized spacial score (nSPS) is 19.0. The Labute approximate surface area is 157 Å². The minimum Gasteiger partial charge on any atom is -0.339 e. The predicted octanol–water partition coefficient (Wildman–Crippen LogP) is 1.59. The van der Waals surface area contributed by atoms with Crippen LogP contribution in [-0.2, 0) is 4.79 Å². The van der Waals surface area contributed by atoms with Crippen LogP contribution in [0.2, 0.25) is 0 Å². The van der Waals surface area contributed by atoms with Gasteiger partial charge in [-0.2, -0.15) is 0 Å². The van der Waals surface area contributed by atoms with Gasteiger partial charge < -0.3 is 9.80 Å². The number of carbonyl (C=O) groups is 2. The third-order valence-corrected chi connectivity index (χ3v) is 5.30. The van der Waals surface area contributed by atoms with E-state index in [2.05, 4.69) is 10.8 Å². The molecule has 0 aliphatic carbocycles. The molecule has 0 spiro atoms. The van der Waals surface area contributed by atoms with Crippen molar-refractivity contribution in [2.24, 2.45) is 5.92 Å². The number of carbonyl (C=O) groups excluding carboxylic acids is 2. The van der Waals surface area contributed by atoms with E-state index in [1.165, 1.54) is 6.07 Å². The molecule has 0 aromatic heterocycles. The first-order chi connectivity index (χ1) is 13.0. The van der Waals surface area contributed by atoms with Crippen LogP contribution in [0.15, 0.2) is 18.2 Å².